The van der Waals surface area contributed by atoms with Gasteiger partial charge in [0.1, 0.15) is 6.10 Å². The number of hydrogen-bond donors (Lipinski definition) is 1. The van der Waals surface area contributed by atoms with Crippen LogP contribution in [0.3, 0.4) is 0 Å². The van der Waals surface area contributed by atoms with E-state index in [9.17, 15) is 5.11 Å². The van der Waals surface area contributed by atoms with Gasteiger partial charge in [-0.25, -0.2) is 0 Å². The van der Waals surface area contributed by atoms with Crippen LogP contribution in [-0.2, 0) is 7.05 Å². The molecule has 0 aliphatic heterocycles. The summed E-state index contributed by atoms with van der Waals surface area (Å²) >= 11 is 9.29. The van der Waals surface area contributed by atoms with Crippen molar-refractivity contribution in [2.45, 2.75) is 6.10 Å². The number of aryl methyl sites for hydroxylation is 1. The van der Waals surface area contributed by atoms with Crippen molar-refractivity contribution < 1.29 is 5.11 Å². The molecule has 0 fully saturated rings. The highest BCUT2D eigenvalue weighted by atomic mass is 79.9. The Labute approximate surface area is 106 Å². The average Bonchev–Trinajstić information content (AvgIpc) is 2.58. The molecule has 1 unspecified atom stereocenters. The van der Waals surface area contributed by atoms with Gasteiger partial charge < -0.3 is 5.11 Å². The number of rotatable bonds is 2. The molecule has 0 aliphatic rings. The van der Waals surface area contributed by atoms with Crippen LogP contribution in [0.5, 0.6) is 0 Å². The molecule has 2 aromatic heterocycles. The van der Waals surface area contributed by atoms with Crippen molar-refractivity contribution in [1.29, 1.82) is 0 Å². The highest BCUT2D eigenvalue weighted by Gasteiger charge is 2.21. The molecule has 0 saturated carbocycles. The molecule has 1 atom stereocenters. The number of aromatic nitrogens is 3. The minimum atomic E-state index is -0.893. The molecule has 2 rings (SSSR count). The van der Waals surface area contributed by atoms with Gasteiger partial charge in [-0.15, -0.1) is 0 Å². The standard InChI is InChI=1S/C10H9BrClN3O/c1-15-9(7(12)5-14-15)10(16)8-6(11)3-2-4-13-8/h2-5,10,16H,1H3. The van der Waals surface area contributed by atoms with E-state index in [1.54, 1.807) is 19.3 Å². The van der Waals surface area contributed by atoms with Gasteiger partial charge in [-0.3, -0.25) is 9.67 Å². The third-order valence-corrected chi connectivity index (χ3v) is 3.20. The first-order valence-electron chi connectivity index (χ1n) is 4.57. The monoisotopic (exact) mass is 301 g/mol. The van der Waals surface area contributed by atoms with Gasteiger partial charge in [0.25, 0.3) is 0 Å². The molecule has 84 valence electrons. The molecule has 2 aromatic rings. The van der Waals surface area contributed by atoms with Crippen molar-refractivity contribution in [2.24, 2.45) is 7.05 Å². The largest absolute Gasteiger partial charge is 0.380 e. The Hall–Kier alpha value is -0.910. The van der Waals surface area contributed by atoms with Crippen molar-refractivity contribution >= 4 is 27.5 Å². The van der Waals surface area contributed by atoms with Gasteiger partial charge in [0.2, 0.25) is 0 Å². The number of halogens is 2. The zero-order valence-corrected chi connectivity index (χ0v) is 10.8. The second-order valence-corrected chi connectivity index (χ2v) is 4.54. The van der Waals surface area contributed by atoms with Gasteiger partial charge >= 0.3 is 0 Å². The summed E-state index contributed by atoms with van der Waals surface area (Å²) in [5.74, 6) is 0. The minimum Gasteiger partial charge on any atom is -0.380 e. The summed E-state index contributed by atoms with van der Waals surface area (Å²) in [5.41, 5.74) is 1.05. The van der Waals surface area contributed by atoms with Gasteiger partial charge in [-0.1, -0.05) is 11.6 Å². The second-order valence-electron chi connectivity index (χ2n) is 3.27. The van der Waals surface area contributed by atoms with E-state index >= 15 is 0 Å². The number of aliphatic hydroxyl groups excluding tert-OH is 1. The number of hydrogen-bond acceptors (Lipinski definition) is 3. The predicted molar refractivity (Wildman–Crippen MR) is 64.2 cm³/mol. The predicted octanol–water partition coefficient (Wildman–Crippen LogP) is 2.31. The first-order valence-corrected chi connectivity index (χ1v) is 5.74. The van der Waals surface area contributed by atoms with Crippen LogP contribution in [0.1, 0.15) is 17.5 Å². The molecular formula is C10H9BrClN3O. The fourth-order valence-electron chi connectivity index (χ4n) is 1.46. The lowest BCUT2D eigenvalue weighted by Crippen LogP contribution is -2.09. The van der Waals surface area contributed by atoms with Crippen molar-refractivity contribution in [2.75, 3.05) is 0 Å². The summed E-state index contributed by atoms with van der Waals surface area (Å²) in [7, 11) is 1.72. The molecule has 16 heavy (non-hydrogen) atoms. The molecule has 0 radical (unpaired) electrons. The molecule has 0 saturated heterocycles. The first kappa shape index (κ1) is 11.6. The Morgan fingerprint density at radius 1 is 1.56 bits per heavy atom. The van der Waals surface area contributed by atoms with Crippen molar-refractivity contribution in [3.63, 3.8) is 0 Å². The van der Waals surface area contributed by atoms with E-state index in [0.29, 0.717) is 16.4 Å². The summed E-state index contributed by atoms with van der Waals surface area (Å²) in [6.07, 6.45) is 2.22. The lowest BCUT2D eigenvalue weighted by molar-refractivity contribution is 0.204. The summed E-state index contributed by atoms with van der Waals surface area (Å²) < 4.78 is 2.27. The highest BCUT2D eigenvalue weighted by molar-refractivity contribution is 9.10. The van der Waals surface area contributed by atoms with Crippen LogP contribution >= 0.6 is 27.5 Å². The van der Waals surface area contributed by atoms with Gasteiger partial charge in [-0.2, -0.15) is 5.10 Å². The van der Waals surface area contributed by atoms with Crippen molar-refractivity contribution in [3.8, 4) is 0 Å². The second kappa shape index (κ2) is 4.53. The smallest absolute Gasteiger partial charge is 0.140 e. The lowest BCUT2D eigenvalue weighted by atomic mass is 10.1. The van der Waals surface area contributed by atoms with E-state index in [0.717, 1.165) is 4.47 Å². The summed E-state index contributed by atoms with van der Waals surface area (Å²) in [6, 6.07) is 3.60. The molecule has 0 spiro atoms. The van der Waals surface area contributed by atoms with E-state index in [4.69, 9.17) is 11.6 Å². The van der Waals surface area contributed by atoms with Crippen LogP contribution < -0.4 is 0 Å². The van der Waals surface area contributed by atoms with Crippen LogP contribution in [0.25, 0.3) is 0 Å². The third kappa shape index (κ3) is 1.98. The van der Waals surface area contributed by atoms with Gasteiger partial charge in [-0.05, 0) is 28.1 Å². The maximum Gasteiger partial charge on any atom is 0.140 e. The zero-order valence-electron chi connectivity index (χ0n) is 8.43. The molecule has 4 nitrogen and oxygen atoms in total. The molecule has 2 heterocycles. The van der Waals surface area contributed by atoms with Crippen LogP contribution in [0.15, 0.2) is 29.0 Å². The fraction of sp³-hybridized carbons (Fsp3) is 0.200. The topological polar surface area (TPSA) is 50.9 Å². The Bertz CT molecular complexity index is 495. The fourth-order valence-corrected chi connectivity index (χ4v) is 2.20. The summed E-state index contributed by atoms with van der Waals surface area (Å²) in [4.78, 5) is 4.12. The summed E-state index contributed by atoms with van der Waals surface area (Å²) in [6.45, 7) is 0. The maximum absolute atomic E-state index is 10.2. The Balaban J connectivity index is 2.47. The maximum atomic E-state index is 10.2. The Morgan fingerprint density at radius 3 is 2.88 bits per heavy atom. The molecule has 0 aliphatic carbocycles. The van der Waals surface area contributed by atoms with Gasteiger partial charge in [0.15, 0.2) is 0 Å². The normalized spacial score (nSPS) is 12.8. The van der Waals surface area contributed by atoms with Crippen LogP contribution in [0.4, 0.5) is 0 Å². The SMILES string of the molecule is Cn1ncc(Cl)c1C(O)c1ncccc1Br. The van der Waals surface area contributed by atoms with E-state index in [1.807, 2.05) is 6.07 Å². The number of nitrogens with zero attached hydrogens (tertiary/aromatic N) is 3. The van der Waals surface area contributed by atoms with E-state index in [1.165, 1.54) is 10.9 Å². The number of aliphatic hydroxyl groups is 1. The molecule has 0 bridgehead atoms. The third-order valence-electron chi connectivity index (χ3n) is 2.24. The Kier molecular flexibility index (Phi) is 3.28. The van der Waals surface area contributed by atoms with Crippen molar-refractivity contribution in [1.82, 2.24) is 14.8 Å². The highest BCUT2D eigenvalue weighted by Crippen LogP contribution is 2.30. The molecule has 0 aromatic carbocycles. The quantitative estimate of drug-likeness (QED) is 0.926. The van der Waals surface area contributed by atoms with E-state index in [2.05, 4.69) is 26.0 Å². The van der Waals surface area contributed by atoms with Crippen molar-refractivity contribution in [3.05, 3.63) is 45.4 Å². The van der Waals surface area contributed by atoms with Gasteiger partial charge in [0.05, 0.1) is 22.6 Å². The van der Waals surface area contributed by atoms with E-state index in [-0.39, 0.29) is 0 Å². The summed E-state index contributed by atoms with van der Waals surface area (Å²) in [5, 5.41) is 14.6. The van der Waals surface area contributed by atoms with E-state index < -0.39 is 6.10 Å². The lowest BCUT2D eigenvalue weighted by Gasteiger charge is -2.12. The van der Waals surface area contributed by atoms with Crippen LogP contribution in [-0.4, -0.2) is 19.9 Å². The number of pyridine rings is 1. The molecular weight excluding hydrogens is 293 g/mol. The van der Waals surface area contributed by atoms with Gasteiger partial charge in [0, 0.05) is 17.7 Å². The minimum absolute atomic E-state index is 0.424. The molecule has 0 amide bonds. The molecule has 6 heteroatoms. The first-order chi connectivity index (χ1) is 7.61. The van der Waals surface area contributed by atoms with Crippen LogP contribution in [0.2, 0.25) is 5.02 Å². The average molecular weight is 303 g/mol. The Morgan fingerprint density at radius 2 is 2.31 bits per heavy atom. The van der Waals surface area contributed by atoms with Crippen LogP contribution in [0, 0.1) is 0 Å². The zero-order chi connectivity index (χ0) is 11.7. The molecule has 1 N–H and O–H groups in total.